The first-order chi connectivity index (χ1) is 10.1. The van der Waals surface area contributed by atoms with Crippen molar-refractivity contribution >= 4 is 5.91 Å². The number of hydrogen-bond donors (Lipinski definition) is 2. The topological polar surface area (TPSA) is 55.1 Å². The van der Waals surface area contributed by atoms with Crippen LogP contribution in [0.2, 0.25) is 0 Å². The van der Waals surface area contributed by atoms with E-state index in [4.69, 9.17) is 5.73 Å². The fourth-order valence-electron chi connectivity index (χ4n) is 3.55. The van der Waals surface area contributed by atoms with Crippen molar-refractivity contribution in [2.45, 2.75) is 62.3 Å². The molecule has 3 N–H and O–H groups in total. The molecule has 0 heterocycles. The van der Waals surface area contributed by atoms with Gasteiger partial charge in [-0.25, -0.2) is 0 Å². The monoisotopic (exact) mass is 286 g/mol. The van der Waals surface area contributed by atoms with Crippen LogP contribution in [0.25, 0.3) is 0 Å². The molecule has 0 spiro atoms. The highest BCUT2D eigenvalue weighted by atomic mass is 16.2. The third-order valence-electron chi connectivity index (χ3n) is 5.28. The zero-order chi connectivity index (χ0) is 14.8. The molecule has 3 nitrogen and oxygen atoms in total. The Balaban J connectivity index is 1.77. The second kappa shape index (κ2) is 5.80. The first-order valence-electron chi connectivity index (χ1n) is 8.27. The van der Waals surface area contributed by atoms with Gasteiger partial charge in [0.05, 0.1) is 5.54 Å². The van der Waals surface area contributed by atoms with Gasteiger partial charge >= 0.3 is 0 Å². The van der Waals surface area contributed by atoms with Gasteiger partial charge in [-0.2, -0.15) is 0 Å². The van der Waals surface area contributed by atoms with Crippen molar-refractivity contribution in [3.63, 3.8) is 0 Å². The van der Waals surface area contributed by atoms with Crippen molar-refractivity contribution in [3.8, 4) is 0 Å². The second-order valence-electron chi connectivity index (χ2n) is 6.90. The van der Waals surface area contributed by atoms with E-state index in [9.17, 15) is 4.79 Å². The molecule has 1 aromatic carbocycles. The summed E-state index contributed by atoms with van der Waals surface area (Å²) >= 11 is 0. The lowest BCUT2D eigenvalue weighted by molar-refractivity contribution is -0.123. The predicted octanol–water partition coefficient (Wildman–Crippen LogP) is 2.89. The van der Waals surface area contributed by atoms with Gasteiger partial charge in [0.1, 0.15) is 0 Å². The maximum Gasteiger partial charge on any atom is 0.240 e. The summed E-state index contributed by atoms with van der Waals surface area (Å²) in [5, 5.41) is 3.16. The molecule has 2 aliphatic rings. The first kappa shape index (κ1) is 14.6. The van der Waals surface area contributed by atoms with E-state index in [0.29, 0.717) is 0 Å². The number of rotatable bonds is 4. The molecule has 0 atom stereocenters. The summed E-state index contributed by atoms with van der Waals surface area (Å²) in [6.07, 6.45) is 9.10. The van der Waals surface area contributed by atoms with Crippen LogP contribution in [0.15, 0.2) is 30.3 Å². The maximum atomic E-state index is 12.2. The summed E-state index contributed by atoms with van der Waals surface area (Å²) in [5.41, 5.74) is 6.90. The molecule has 0 radical (unpaired) electrons. The molecule has 2 aliphatic carbocycles. The highest BCUT2D eigenvalue weighted by Gasteiger charge is 2.46. The van der Waals surface area contributed by atoms with Crippen molar-refractivity contribution in [2.24, 2.45) is 5.73 Å². The van der Waals surface area contributed by atoms with Gasteiger partial charge < -0.3 is 11.1 Å². The van der Waals surface area contributed by atoms with Crippen molar-refractivity contribution in [1.29, 1.82) is 0 Å². The quantitative estimate of drug-likeness (QED) is 0.836. The predicted molar refractivity (Wildman–Crippen MR) is 85.0 cm³/mol. The summed E-state index contributed by atoms with van der Waals surface area (Å²) in [6.45, 7) is 0.731. The molecule has 114 valence electrons. The Morgan fingerprint density at radius 3 is 2.19 bits per heavy atom. The molecule has 1 aromatic rings. The van der Waals surface area contributed by atoms with Crippen LogP contribution >= 0.6 is 0 Å². The van der Waals surface area contributed by atoms with Gasteiger partial charge in [0.2, 0.25) is 5.91 Å². The highest BCUT2D eigenvalue weighted by molar-refractivity contribution is 5.89. The average Bonchev–Trinajstić information content (AvgIpc) is 3.30. The van der Waals surface area contributed by atoms with Gasteiger partial charge in [-0.15, -0.1) is 0 Å². The van der Waals surface area contributed by atoms with E-state index in [1.54, 1.807) is 0 Å². The zero-order valence-corrected chi connectivity index (χ0v) is 12.7. The summed E-state index contributed by atoms with van der Waals surface area (Å²) in [6, 6.07) is 10.7. The molecular weight excluding hydrogens is 260 g/mol. The maximum absolute atomic E-state index is 12.2. The smallest absolute Gasteiger partial charge is 0.240 e. The van der Waals surface area contributed by atoms with E-state index in [1.165, 1.54) is 31.2 Å². The minimum atomic E-state index is -0.567. The number of amides is 1. The van der Waals surface area contributed by atoms with E-state index in [2.05, 4.69) is 35.6 Å². The molecule has 0 aliphatic heterocycles. The Kier molecular flexibility index (Phi) is 4.03. The average molecular weight is 286 g/mol. The van der Waals surface area contributed by atoms with Gasteiger partial charge in [0.15, 0.2) is 0 Å². The third kappa shape index (κ3) is 3.13. The van der Waals surface area contributed by atoms with Crippen LogP contribution in [0.1, 0.15) is 56.9 Å². The fraction of sp³-hybridized carbons (Fsp3) is 0.611. The van der Waals surface area contributed by atoms with Crippen molar-refractivity contribution < 1.29 is 4.79 Å². The lowest BCUT2D eigenvalue weighted by Gasteiger charge is -2.34. The van der Waals surface area contributed by atoms with Gasteiger partial charge in [-0.05, 0) is 31.2 Å². The number of benzene rings is 1. The van der Waals surface area contributed by atoms with Gasteiger partial charge in [0, 0.05) is 12.0 Å². The van der Waals surface area contributed by atoms with Gasteiger partial charge in [-0.1, -0.05) is 56.0 Å². The molecule has 0 bridgehead atoms. The van der Waals surface area contributed by atoms with E-state index in [-0.39, 0.29) is 11.3 Å². The van der Waals surface area contributed by atoms with Gasteiger partial charge in [0.25, 0.3) is 0 Å². The van der Waals surface area contributed by atoms with Crippen LogP contribution in [0.5, 0.6) is 0 Å². The van der Waals surface area contributed by atoms with Crippen molar-refractivity contribution in [1.82, 2.24) is 5.32 Å². The molecule has 0 unspecified atom stereocenters. The molecule has 3 rings (SSSR count). The highest BCUT2D eigenvalue weighted by Crippen LogP contribution is 2.38. The standard InChI is InChI=1S/C18H26N2O/c19-18(12-13-18)16(21)20-14-17(10-6-1-2-7-11-17)15-8-4-3-5-9-15/h3-5,8-9H,1-2,6-7,10-14,19H2,(H,20,21). The fourth-order valence-corrected chi connectivity index (χ4v) is 3.55. The molecule has 0 saturated heterocycles. The SMILES string of the molecule is NC1(C(=O)NCC2(c3ccccc3)CCCCCC2)CC1. The number of hydrogen-bond acceptors (Lipinski definition) is 2. The molecule has 21 heavy (non-hydrogen) atoms. The molecule has 2 fully saturated rings. The molecule has 3 heteroatoms. The molecule has 1 amide bonds. The third-order valence-corrected chi connectivity index (χ3v) is 5.28. The van der Waals surface area contributed by atoms with Crippen LogP contribution in [-0.4, -0.2) is 18.0 Å². The minimum Gasteiger partial charge on any atom is -0.354 e. The van der Waals surface area contributed by atoms with E-state index >= 15 is 0 Å². The Morgan fingerprint density at radius 1 is 1.00 bits per heavy atom. The van der Waals surface area contributed by atoms with Crippen LogP contribution in [-0.2, 0) is 10.2 Å². The summed E-state index contributed by atoms with van der Waals surface area (Å²) in [4.78, 5) is 12.2. The van der Waals surface area contributed by atoms with E-state index in [1.807, 2.05) is 0 Å². The Morgan fingerprint density at radius 2 is 1.62 bits per heavy atom. The van der Waals surface area contributed by atoms with Crippen LogP contribution in [0, 0.1) is 0 Å². The minimum absolute atomic E-state index is 0.0436. The lowest BCUT2D eigenvalue weighted by Crippen LogP contribution is -2.48. The van der Waals surface area contributed by atoms with Crippen LogP contribution < -0.4 is 11.1 Å². The van der Waals surface area contributed by atoms with Crippen LogP contribution in [0.4, 0.5) is 0 Å². The van der Waals surface area contributed by atoms with E-state index < -0.39 is 5.54 Å². The van der Waals surface area contributed by atoms with Crippen LogP contribution in [0.3, 0.4) is 0 Å². The Hall–Kier alpha value is -1.35. The normalized spacial score (nSPS) is 23.1. The lowest BCUT2D eigenvalue weighted by atomic mass is 9.74. The Bertz CT molecular complexity index is 485. The molecular formula is C18H26N2O. The van der Waals surface area contributed by atoms with Crippen molar-refractivity contribution in [2.75, 3.05) is 6.54 Å². The summed E-state index contributed by atoms with van der Waals surface area (Å²) in [5.74, 6) is 0.0436. The zero-order valence-electron chi connectivity index (χ0n) is 12.7. The summed E-state index contributed by atoms with van der Waals surface area (Å²) in [7, 11) is 0. The molecule has 0 aromatic heterocycles. The van der Waals surface area contributed by atoms with Crippen molar-refractivity contribution in [3.05, 3.63) is 35.9 Å². The number of nitrogens with one attached hydrogen (secondary N) is 1. The largest absolute Gasteiger partial charge is 0.354 e. The summed E-state index contributed by atoms with van der Waals surface area (Å²) < 4.78 is 0. The second-order valence-corrected chi connectivity index (χ2v) is 6.90. The number of carbonyl (C=O) groups is 1. The Labute approximate surface area is 127 Å². The number of carbonyl (C=O) groups excluding carboxylic acids is 1. The number of nitrogens with two attached hydrogens (primary N) is 1. The molecule has 2 saturated carbocycles. The first-order valence-corrected chi connectivity index (χ1v) is 8.27. The van der Waals surface area contributed by atoms with E-state index in [0.717, 1.165) is 32.2 Å². The van der Waals surface area contributed by atoms with Gasteiger partial charge in [-0.3, -0.25) is 4.79 Å².